The van der Waals surface area contributed by atoms with Gasteiger partial charge in [0, 0.05) is 29.8 Å². The largest absolute Gasteiger partial charge is 0.497 e. The van der Waals surface area contributed by atoms with E-state index in [1.165, 1.54) is 16.2 Å². The number of carbonyl (C=O) groups excluding carboxylic acids is 1. The smallest absolute Gasteiger partial charge is 0.229 e. The molecule has 7 heteroatoms. The van der Waals surface area contributed by atoms with Gasteiger partial charge in [-0.05, 0) is 48.1 Å². The molecule has 0 saturated carbocycles. The van der Waals surface area contributed by atoms with Gasteiger partial charge in [0.05, 0.1) is 23.9 Å². The van der Waals surface area contributed by atoms with Crippen LogP contribution in [0.15, 0.2) is 78.0 Å². The quantitative estimate of drug-likeness (QED) is 0.239. The predicted octanol–water partition coefficient (Wildman–Crippen LogP) is 5.81. The summed E-state index contributed by atoms with van der Waals surface area (Å²) < 4.78 is 6.34. The third-order valence-corrected chi connectivity index (χ3v) is 6.88. The molecule has 2 heterocycles. The summed E-state index contributed by atoms with van der Waals surface area (Å²) in [4.78, 5) is 25.1. The number of benzene rings is 2. The Balaban J connectivity index is 1.49. The Morgan fingerprint density at radius 1 is 1.13 bits per heavy atom. The minimum atomic E-state index is 0.0727. The van der Waals surface area contributed by atoms with Gasteiger partial charge in [0.2, 0.25) is 5.91 Å². The number of thiazole rings is 1. The summed E-state index contributed by atoms with van der Waals surface area (Å²) in [5.74, 6) is 1.73. The average Bonchev–Trinajstić information content (AvgIpc) is 3.24. The fraction of sp³-hybridized carbons (Fsp3) is 0.208. The molecule has 0 aliphatic rings. The van der Waals surface area contributed by atoms with Crippen molar-refractivity contribution in [1.82, 2.24) is 9.97 Å². The number of hydrogen-bond donors (Lipinski definition) is 0. The zero-order valence-electron chi connectivity index (χ0n) is 17.2. The molecule has 2 aromatic heterocycles. The Hall–Kier alpha value is -2.90. The molecule has 0 unspecified atom stereocenters. The minimum Gasteiger partial charge on any atom is -0.497 e. The first-order valence-electron chi connectivity index (χ1n) is 10.0. The number of amides is 1. The molecule has 0 aliphatic carbocycles. The normalized spacial score (nSPS) is 10.9. The van der Waals surface area contributed by atoms with Crippen LogP contribution >= 0.6 is 23.1 Å². The van der Waals surface area contributed by atoms with Crippen molar-refractivity contribution in [3.05, 3.63) is 78.6 Å². The van der Waals surface area contributed by atoms with E-state index in [1.807, 2.05) is 48.5 Å². The highest BCUT2D eigenvalue weighted by Gasteiger charge is 2.20. The van der Waals surface area contributed by atoms with Gasteiger partial charge < -0.3 is 4.74 Å². The molecule has 0 aliphatic heterocycles. The van der Waals surface area contributed by atoms with Crippen LogP contribution in [0, 0.1) is 0 Å². The monoisotopic (exact) mass is 449 g/mol. The summed E-state index contributed by atoms with van der Waals surface area (Å²) in [5.41, 5.74) is 1.81. The van der Waals surface area contributed by atoms with E-state index < -0.39 is 0 Å². The molecule has 0 bridgehead atoms. The van der Waals surface area contributed by atoms with Crippen LogP contribution in [0.5, 0.6) is 5.75 Å². The van der Waals surface area contributed by atoms with E-state index in [0.717, 1.165) is 33.7 Å². The number of fused-ring (bicyclic) bond motifs is 1. The van der Waals surface area contributed by atoms with Crippen molar-refractivity contribution in [1.29, 1.82) is 0 Å². The summed E-state index contributed by atoms with van der Waals surface area (Å²) in [6.07, 6.45) is 4.81. The molecule has 0 atom stereocenters. The van der Waals surface area contributed by atoms with Gasteiger partial charge in [-0.2, -0.15) is 0 Å². The fourth-order valence-electron chi connectivity index (χ4n) is 3.14. The van der Waals surface area contributed by atoms with Crippen LogP contribution in [0.1, 0.15) is 18.4 Å². The first-order chi connectivity index (χ1) is 15.2. The van der Waals surface area contributed by atoms with Crippen molar-refractivity contribution < 1.29 is 9.53 Å². The van der Waals surface area contributed by atoms with Gasteiger partial charge in [-0.15, -0.1) is 11.8 Å². The lowest BCUT2D eigenvalue weighted by molar-refractivity contribution is -0.118. The molecule has 5 nitrogen and oxygen atoms in total. The van der Waals surface area contributed by atoms with Crippen LogP contribution in [0.3, 0.4) is 0 Å². The Bertz CT molecular complexity index is 1130. The summed E-state index contributed by atoms with van der Waals surface area (Å²) in [7, 11) is 1.64. The van der Waals surface area contributed by atoms with Crippen molar-refractivity contribution in [3.63, 3.8) is 0 Å². The number of nitrogens with zero attached hydrogens (tertiary/aromatic N) is 3. The third-order valence-electron chi connectivity index (χ3n) is 4.73. The van der Waals surface area contributed by atoms with Gasteiger partial charge in [0.25, 0.3) is 0 Å². The summed E-state index contributed by atoms with van der Waals surface area (Å²) >= 11 is 3.30. The number of anilines is 1. The summed E-state index contributed by atoms with van der Waals surface area (Å²) in [6.45, 7) is 0.454. The second kappa shape index (κ2) is 10.4. The molecule has 158 valence electrons. The topological polar surface area (TPSA) is 55.3 Å². The Kier molecular flexibility index (Phi) is 7.17. The van der Waals surface area contributed by atoms with Crippen LogP contribution in [0.25, 0.3) is 10.2 Å². The van der Waals surface area contributed by atoms with Crippen LogP contribution in [-0.2, 0) is 11.3 Å². The van der Waals surface area contributed by atoms with Gasteiger partial charge in [0.1, 0.15) is 5.75 Å². The maximum absolute atomic E-state index is 13.2. The number of hydrogen-bond acceptors (Lipinski definition) is 6. The fourth-order valence-corrected chi connectivity index (χ4v) is 4.98. The first kappa shape index (κ1) is 21.3. The predicted molar refractivity (Wildman–Crippen MR) is 128 cm³/mol. The SMILES string of the molecule is COc1ccc2sc(N(Cc3cccnc3)C(=O)CCCSc3ccccc3)nc2c1. The van der Waals surface area contributed by atoms with Gasteiger partial charge in [-0.25, -0.2) is 4.98 Å². The first-order valence-corrected chi connectivity index (χ1v) is 11.8. The van der Waals surface area contributed by atoms with Crippen LogP contribution < -0.4 is 9.64 Å². The lowest BCUT2D eigenvalue weighted by atomic mass is 10.2. The van der Waals surface area contributed by atoms with Crippen LogP contribution in [-0.4, -0.2) is 28.7 Å². The van der Waals surface area contributed by atoms with Gasteiger partial charge in [-0.3, -0.25) is 14.7 Å². The Morgan fingerprint density at radius 3 is 2.77 bits per heavy atom. The number of ether oxygens (including phenoxy) is 1. The molecule has 4 aromatic rings. The molecule has 4 rings (SSSR count). The van der Waals surface area contributed by atoms with Crippen LogP contribution in [0.2, 0.25) is 0 Å². The maximum Gasteiger partial charge on any atom is 0.229 e. The van der Waals surface area contributed by atoms with Crippen molar-refractivity contribution in [3.8, 4) is 5.75 Å². The van der Waals surface area contributed by atoms with Gasteiger partial charge in [-0.1, -0.05) is 35.6 Å². The molecular formula is C24H23N3O2S2. The zero-order valence-corrected chi connectivity index (χ0v) is 18.9. The molecule has 0 saturated heterocycles. The second-order valence-corrected chi connectivity index (χ2v) is 9.11. The van der Waals surface area contributed by atoms with Crippen molar-refractivity contribution in [2.45, 2.75) is 24.3 Å². The van der Waals surface area contributed by atoms with Crippen LogP contribution in [0.4, 0.5) is 5.13 Å². The van der Waals surface area contributed by atoms with E-state index in [9.17, 15) is 4.79 Å². The van der Waals surface area contributed by atoms with Gasteiger partial charge >= 0.3 is 0 Å². The number of rotatable bonds is 9. The zero-order chi connectivity index (χ0) is 21.5. The third kappa shape index (κ3) is 5.62. The average molecular weight is 450 g/mol. The summed E-state index contributed by atoms with van der Waals surface area (Å²) in [5, 5.41) is 0.702. The lowest BCUT2D eigenvalue weighted by Gasteiger charge is -2.20. The minimum absolute atomic E-state index is 0.0727. The molecule has 0 spiro atoms. The highest BCUT2D eigenvalue weighted by atomic mass is 32.2. The van der Waals surface area contributed by atoms with E-state index in [4.69, 9.17) is 9.72 Å². The number of carbonyl (C=O) groups is 1. The maximum atomic E-state index is 13.2. The molecule has 0 fully saturated rings. The molecule has 0 radical (unpaired) electrons. The molecular weight excluding hydrogens is 426 g/mol. The van der Waals surface area contributed by atoms with E-state index in [2.05, 4.69) is 17.1 Å². The Labute approximate surface area is 190 Å². The number of pyridine rings is 1. The molecule has 31 heavy (non-hydrogen) atoms. The highest BCUT2D eigenvalue weighted by molar-refractivity contribution is 7.99. The Morgan fingerprint density at radius 2 is 2.00 bits per heavy atom. The van der Waals surface area contributed by atoms with Crippen molar-refractivity contribution in [2.24, 2.45) is 0 Å². The second-order valence-electron chi connectivity index (χ2n) is 6.94. The van der Waals surface area contributed by atoms with E-state index in [-0.39, 0.29) is 5.91 Å². The van der Waals surface area contributed by atoms with Gasteiger partial charge in [0.15, 0.2) is 5.13 Å². The molecule has 1 amide bonds. The van der Waals surface area contributed by atoms with Crippen molar-refractivity contribution in [2.75, 3.05) is 17.8 Å². The molecule has 0 N–H and O–H groups in total. The number of methoxy groups -OCH3 is 1. The van der Waals surface area contributed by atoms with E-state index in [0.29, 0.717) is 18.1 Å². The highest BCUT2D eigenvalue weighted by Crippen LogP contribution is 2.32. The molecule has 2 aromatic carbocycles. The number of aromatic nitrogens is 2. The van der Waals surface area contributed by atoms with E-state index in [1.54, 1.807) is 36.2 Å². The number of thioether (sulfide) groups is 1. The van der Waals surface area contributed by atoms with Crippen molar-refractivity contribution >= 4 is 44.4 Å². The lowest BCUT2D eigenvalue weighted by Crippen LogP contribution is -2.30. The van der Waals surface area contributed by atoms with E-state index >= 15 is 0 Å². The standard InChI is InChI=1S/C24H23N3O2S2/c1-29-19-11-12-22-21(15-19)26-24(31-22)27(17-18-7-5-13-25-16-18)23(28)10-6-14-30-20-8-3-2-4-9-20/h2-5,7-9,11-13,15-16H,6,10,14,17H2,1H3. The summed E-state index contributed by atoms with van der Waals surface area (Å²) in [6, 6.07) is 19.9.